The number of rotatable bonds is 4. The lowest BCUT2D eigenvalue weighted by atomic mass is 9.96. The van der Waals surface area contributed by atoms with E-state index in [9.17, 15) is 4.79 Å². The first kappa shape index (κ1) is 16.5. The summed E-state index contributed by atoms with van der Waals surface area (Å²) in [6.45, 7) is 6.00. The number of fused-ring (bicyclic) bond motifs is 1. The molecule has 0 radical (unpaired) electrons. The minimum atomic E-state index is -0.437. The predicted molar refractivity (Wildman–Crippen MR) is 98.5 cm³/mol. The molecule has 4 nitrogen and oxygen atoms in total. The Balaban J connectivity index is 1.63. The van der Waals surface area contributed by atoms with Crippen molar-refractivity contribution in [2.24, 2.45) is 5.41 Å². The number of carbonyl (C=O) groups is 1. The van der Waals surface area contributed by atoms with Crippen molar-refractivity contribution in [2.75, 3.05) is 5.32 Å². The molecule has 0 aliphatic carbocycles. The SMILES string of the molecule is CC(C)(C)C(=O)Nc1nc(COc2ccc3ccccc3c2)cs1. The summed E-state index contributed by atoms with van der Waals surface area (Å²) in [7, 11) is 0. The fourth-order valence-corrected chi connectivity index (χ4v) is 2.82. The van der Waals surface area contributed by atoms with Gasteiger partial charge < -0.3 is 10.1 Å². The fourth-order valence-electron chi connectivity index (χ4n) is 2.13. The predicted octanol–water partition coefficient (Wildman–Crippen LogP) is 4.86. The van der Waals surface area contributed by atoms with Crippen LogP contribution < -0.4 is 10.1 Å². The summed E-state index contributed by atoms with van der Waals surface area (Å²) in [4.78, 5) is 16.4. The van der Waals surface area contributed by atoms with E-state index in [0.717, 1.165) is 16.8 Å². The van der Waals surface area contributed by atoms with E-state index in [0.29, 0.717) is 11.7 Å². The van der Waals surface area contributed by atoms with Gasteiger partial charge in [0.25, 0.3) is 0 Å². The van der Waals surface area contributed by atoms with E-state index in [-0.39, 0.29) is 5.91 Å². The third-order valence-electron chi connectivity index (χ3n) is 3.56. The highest BCUT2D eigenvalue weighted by molar-refractivity contribution is 7.13. The number of amides is 1. The third kappa shape index (κ3) is 3.92. The lowest BCUT2D eigenvalue weighted by Crippen LogP contribution is -2.27. The number of hydrogen-bond donors (Lipinski definition) is 1. The third-order valence-corrected chi connectivity index (χ3v) is 4.37. The molecule has 3 aromatic rings. The number of anilines is 1. The summed E-state index contributed by atoms with van der Waals surface area (Å²) in [5.41, 5.74) is 0.366. The molecule has 1 amide bonds. The zero-order valence-electron chi connectivity index (χ0n) is 14.0. The Labute approximate surface area is 145 Å². The zero-order valence-corrected chi connectivity index (χ0v) is 14.8. The maximum Gasteiger partial charge on any atom is 0.231 e. The molecule has 1 heterocycles. The molecule has 0 atom stereocenters. The van der Waals surface area contributed by atoms with Crippen molar-refractivity contribution in [3.63, 3.8) is 0 Å². The van der Waals surface area contributed by atoms with E-state index in [4.69, 9.17) is 4.74 Å². The van der Waals surface area contributed by atoms with E-state index in [1.165, 1.54) is 16.7 Å². The summed E-state index contributed by atoms with van der Waals surface area (Å²) in [5, 5.41) is 7.67. The summed E-state index contributed by atoms with van der Waals surface area (Å²) in [6.07, 6.45) is 0. The Bertz CT molecular complexity index is 865. The normalized spacial score (nSPS) is 11.5. The molecule has 2 aromatic carbocycles. The van der Waals surface area contributed by atoms with E-state index >= 15 is 0 Å². The van der Waals surface area contributed by atoms with Crippen LogP contribution in [0.3, 0.4) is 0 Å². The fraction of sp³-hybridized carbons (Fsp3) is 0.263. The van der Waals surface area contributed by atoms with Gasteiger partial charge in [0.15, 0.2) is 5.13 Å². The molecule has 0 aliphatic rings. The monoisotopic (exact) mass is 340 g/mol. The minimum absolute atomic E-state index is 0.0427. The first-order chi connectivity index (χ1) is 11.4. The van der Waals surface area contributed by atoms with Crippen molar-refractivity contribution in [1.82, 2.24) is 4.98 Å². The van der Waals surface area contributed by atoms with Gasteiger partial charge in [-0.3, -0.25) is 4.79 Å². The van der Waals surface area contributed by atoms with Crippen LogP contribution in [0.2, 0.25) is 0 Å². The van der Waals surface area contributed by atoms with Crippen LogP contribution in [0.15, 0.2) is 47.8 Å². The van der Waals surface area contributed by atoms with Crippen molar-refractivity contribution in [2.45, 2.75) is 27.4 Å². The second kappa shape index (κ2) is 6.61. The number of hydrogen-bond acceptors (Lipinski definition) is 4. The van der Waals surface area contributed by atoms with Crippen molar-refractivity contribution in [1.29, 1.82) is 0 Å². The number of ether oxygens (including phenoxy) is 1. The van der Waals surface area contributed by atoms with Gasteiger partial charge in [0.05, 0.1) is 5.69 Å². The second-order valence-corrected chi connectivity index (χ2v) is 7.50. The molecule has 1 N–H and O–H groups in total. The van der Waals surface area contributed by atoms with Crippen LogP contribution in [0.5, 0.6) is 5.75 Å². The highest BCUT2D eigenvalue weighted by atomic mass is 32.1. The molecule has 0 bridgehead atoms. The van der Waals surface area contributed by atoms with Crippen LogP contribution >= 0.6 is 11.3 Å². The lowest BCUT2D eigenvalue weighted by molar-refractivity contribution is -0.123. The maximum atomic E-state index is 12.0. The van der Waals surface area contributed by atoms with Gasteiger partial charge in [-0.05, 0) is 22.9 Å². The smallest absolute Gasteiger partial charge is 0.231 e. The Morgan fingerprint density at radius 2 is 1.92 bits per heavy atom. The highest BCUT2D eigenvalue weighted by Gasteiger charge is 2.22. The van der Waals surface area contributed by atoms with Gasteiger partial charge >= 0.3 is 0 Å². The summed E-state index contributed by atoms with van der Waals surface area (Å²) in [5.74, 6) is 0.765. The van der Waals surface area contributed by atoms with Crippen LogP contribution in [-0.2, 0) is 11.4 Å². The molecule has 0 saturated carbocycles. The van der Waals surface area contributed by atoms with Gasteiger partial charge in [-0.15, -0.1) is 11.3 Å². The second-order valence-electron chi connectivity index (χ2n) is 6.65. The van der Waals surface area contributed by atoms with Gasteiger partial charge in [-0.25, -0.2) is 4.98 Å². The van der Waals surface area contributed by atoms with E-state index in [1.807, 2.05) is 56.5 Å². The van der Waals surface area contributed by atoms with Crippen LogP contribution in [0, 0.1) is 5.41 Å². The largest absolute Gasteiger partial charge is 0.487 e. The highest BCUT2D eigenvalue weighted by Crippen LogP contribution is 2.23. The molecule has 3 rings (SSSR count). The van der Waals surface area contributed by atoms with Crippen LogP contribution in [0.25, 0.3) is 10.8 Å². The summed E-state index contributed by atoms with van der Waals surface area (Å²) >= 11 is 1.41. The Morgan fingerprint density at radius 3 is 2.67 bits per heavy atom. The number of thiazole rings is 1. The molecule has 0 fully saturated rings. The van der Waals surface area contributed by atoms with Gasteiger partial charge in [-0.2, -0.15) is 0 Å². The van der Waals surface area contributed by atoms with Gasteiger partial charge in [0, 0.05) is 10.8 Å². The van der Waals surface area contributed by atoms with E-state index < -0.39 is 5.41 Å². The zero-order chi connectivity index (χ0) is 17.2. The topological polar surface area (TPSA) is 51.2 Å². The average Bonchev–Trinajstić information content (AvgIpc) is 2.99. The van der Waals surface area contributed by atoms with Crippen molar-refractivity contribution in [3.05, 3.63) is 53.5 Å². The number of nitrogens with one attached hydrogen (secondary N) is 1. The molecule has 5 heteroatoms. The molecule has 1 aromatic heterocycles. The molecule has 124 valence electrons. The van der Waals surface area contributed by atoms with Crippen LogP contribution in [-0.4, -0.2) is 10.9 Å². The quantitative estimate of drug-likeness (QED) is 0.738. The van der Waals surface area contributed by atoms with E-state index in [1.54, 1.807) is 0 Å². The standard InChI is InChI=1S/C19H20N2O2S/c1-19(2,3)17(22)21-18-20-15(12-24-18)11-23-16-9-8-13-6-4-5-7-14(13)10-16/h4-10,12H,11H2,1-3H3,(H,20,21,22). The lowest BCUT2D eigenvalue weighted by Gasteiger charge is -2.15. The molecular formula is C19H20N2O2S. The van der Waals surface area contributed by atoms with Crippen molar-refractivity contribution in [3.8, 4) is 5.75 Å². The molecule has 24 heavy (non-hydrogen) atoms. The molecular weight excluding hydrogens is 320 g/mol. The number of nitrogens with zero attached hydrogens (tertiary/aromatic N) is 1. The Kier molecular flexibility index (Phi) is 4.53. The first-order valence-corrected chi connectivity index (χ1v) is 8.67. The maximum absolute atomic E-state index is 12.0. The van der Waals surface area contributed by atoms with Crippen LogP contribution in [0.1, 0.15) is 26.5 Å². The van der Waals surface area contributed by atoms with Crippen molar-refractivity contribution >= 4 is 33.1 Å². The Morgan fingerprint density at radius 1 is 1.17 bits per heavy atom. The molecule has 0 spiro atoms. The first-order valence-electron chi connectivity index (χ1n) is 7.79. The van der Waals surface area contributed by atoms with Gasteiger partial charge in [0.1, 0.15) is 12.4 Å². The van der Waals surface area contributed by atoms with Crippen LogP contribution in [0.4, 0.5) is 5.13 Å². The summed E-state index contributed by atoms with van der Waals surface area (Å²) in [6, 6.07) is 14.2. The summed E-state index contributed by atoms with van der Waals surface area (Å²) < 4.78 is 5.82. The minimum Gasteiger partial charge on any atom is -0.487 e. The Hall–Kier alpha value is -2.40. The molecule has 0 aliphatic heterocycles. The molecule has 0 unspecified atom stereocenters. The number of carbonyl (C=O) groups excluding carboxylic acids is 1. The van der Waals surface area contributed by atoms with E-state index in [2.05, 4.69) is 22.4 Å². The van der Waals surface area contributed by atoms with Gasteiger partial charge in [0.2, 0.25) is 5.91 Å². The molecule has 0 saturated heterocycles. The van der Waals surface area contributed by atoms with Gasteiger partial charge in [-0.1, -0.05) is 51.1 Å². The average molecular weight is 340 g/mol. The number of aromatic nitrogens is 1. The number of benzene rings is 2. The van der Waals surface area contributed by atoms with Crippen molar-refractivity contribution < 1.29 is 9.53 Å².